The van der Waals surface area contributed by atoms with Gasteiger partial charge in [-0.3, -0.25) is 4.98 Å². The first-order valence-corrected chi connectivity index (χ1v) is 5.85. The van der Waals surface area contributed by atoms with Crippen molar-refractivity contribution in [1.29, 1.82) is 0 Å². The van der Waals surface area contributed by atoms with Gasteiger partial charge in [0.25, 0.3) is 0 Å². The Hall–Kier alpha value is -1.13. The number of rotatable bonds is 3. The van der Waals surface area contributed by atoms with Gasteiger partial charge in [-0.1, -0.05) is 0 Å². The van der Waals surface area contributed by atoms with Crippen molar-refractivity contribution in [3.8, 4) is 0 Å². The summed E-state index contributed by atoms with van der Waals surface area (Å²) in [6, 6.07) is 3.82. The van der Waals surface area contributed by atoms with Gasteiger partial charge in [0.1, 0.15) is 5.76 Å². The first-order valence-electron chi connectivity index (χ1n) is 5.06. The molecule has 4 heteroatoms. The maximum absolute atomic E-state index is 6.09. The molecule has 1 atom stereocenters. The van der Waals surface area contributed by atoms with Gasteiger partial charge in [-0.2, -0.15) is 0 Å². The number of pyridine rings is 1. The summed E-state index contributed by atoms with van der Waals surface area (Å²) in [5.74, 6) is 0.847. The lowest BCUT2D eigenvalue weighted by Gasteiger charge is -2.09. The highest BCUT2D eigenvalue weighted by Gasteiger charge is 2.13. The lowest BCUT2D eigenvalue weighted by molar-refractivity contribution is 0.461. The number of nitrogens with two attached hydrogens (primary N) is 1. The Morgan fingerprint density at radius 1 is 1.50 bits per heavy atom. The quantitative estimate of drug-likeness (QED) is 0.941. The molecule has 0 aliphatic heterocycles. The van der Waals surface area contributed by atoms with E-state index in [1.54, 1.807) is 12.5 Å². The Bertz CT molecular complexity index is 481. The zero-order chi connectivity index (χ0) is 11.5. The Labute approximate surface area is 103 Å². The Morgan fingerprint density at radius 2 is 2.31 bits per heavy atom. The van der Waals surface area contributed by atoms with Crippen LogP contribution in [0.15, 0.2) is 39.7 Å². The van der Waals surface area contributed by atoms with E-state index in [2.05, 4.69) is 20.9 Å². The van der Waals surface area contributed by atoms with Crippen LogP contribution in [-0.2, 0) is 6.42 Å². The van der Waals surface area contributed by atoms with Crippen molar-refractivity contribution < 1.29 is 4.42 Å². The summed E-state index contributed by atoms with van der Waals surface area (Å²) in [4.78, 5) is 4.11. The number of halogens is 1. The first kappa shape index (κ1) is 11.4. The molecule has 16 heavy (non-hydrogen) atoms. The van der Waals surface area contributed by atoms with E-state index < -0.39 is 0 Å². The van der Waals surface area contributed by atoms with Crippen molar-refractivity contribution in [2.75, 3.05) is 0 Å². The van der Waals surface area contributed by atoms with Crippen molar-refractivity contribution >= 4 is 15.9 Å². The van der Waals surface area contributed by atoms with Gasteiger partial charge in [0, 0.05) is 16.9 Å². The van der Waals surface area contributed by atoms with Crippen LogP contribution in [0.5, 0.6) is 0 Å². The fourth-order valence-electron chi connectivity index (χ4n) is 1.68. The molecule has 2 aromatic rings. The lowest BCUT2D eigenvalue weighted by atomic mass is 10.0. The molecular formula is C12H13BrN2O. The third kappa shape index (κ3) is 2.51. The highest BCUT2D eigenvalue weighted by Crippen LogP contribution is 2.21. The molecule has 3 nitrogen and oxygen atoms in total. The van der Waals surface area contributed by atoms with Gasteiger partial charge in [-0.05, 0) is 52.5 Å². The molecule has 2 rings (SSSR count). The second-order valence-electron chi connectivity index (χ2n) is 3.79. The van der Waals surface area contributed by atoms with Gasteiger partial charge in [0.05, 0.1) is 12.3 Å². The molecule has 0 aliphatic rings. The van der Waals surface area contributed by atoms with Crippen LogP contribution in [0.1, 0.15) is 22.9 Å². The summed E-state index contributed by atoms with van der Waals surface area (Å²) >= 11 is 3.39. The van der Waals surface area contributed by atoms with Crippen molar-refractivity contribution in [2.24, 2.45) is 5.73 Å². The zero-order valence-corrected chi connectivity index (χ0v) is 10.6. The van der Waals surface area contributed by atoms with Crippen LogP contribution in [0.3, 0.4) is 0 Å². The molecule has 0 aromatic carbocycles. The number of hydrogen-bond donors (Lipinski definition) is 1. The van der Waals surface area contributed by atoms with Gasteiger partial charge in [0.15, 0.2) is 0 Å². The molecule has 0 saturated carbocycles. The molecular weight excluding hydrogens is 268 g/mol. The Morgan fingerprint density at radius 3 is 2.94 bits per heavy atom. The third-order valence-electron chi connectivity index (χ3n) is 2.46. The molecule has 0 aliphatic carbocycles. The molecule has 0 fully saturated rings. The maximum Gasteiger partial charge on any atom is 0.123 e. The molecule has 0 bridgehead atoms. The highest BCUT2D eigenvalue weighted by atomic mass is 79.9. The lowest BCUT2D eigenvalue weighted by Crippen LogP contribution is -2.13. The van der Waals surface area contributed by atoms with E-state index in [9.17, 15) is 0 Å². The minimum absolute atomic E-state index is 0.119. The summed E-state index contributed by atoms with van der Waals surface area (Å²) in [7, 11) is 0. The number of aromatic nitrogens is 1. The smallest absolute Gasteiger partial charge is 0.123 e. The molecule has 1 unspecified atom stereocenters. The van der Waals surface area contributed by atoms with E-state index in [0.29, 0.717) is 0 Å². The van der Waals surface area contributed by atoms with Gasteiger partial charge in [-0.15, -0.1) is 0 Å². The van der Waals surface area contributed by atoms with Crippen LogP contribution in [0.25, 0.3) is 0 Å². The second kappa shape index (κ2) is 4.80. The van der Waals surface area contributed by atoms with E-state index in [-0.39, 0.29) is 6.04 Å². The average Bonchev–Trinajstić information content (AvgIpc) is 2.64. The van der Waals surface area contributed by atoms with E-state index in [1.165, 1.54) is 0 Å². The van der Waals surface area contributed by atoms with Crippen molar-refractivity contribution in [1.82, 2.24) is 4.98 Å². The molecule has 2 N–H and O–H groups in total. The van der Waals surface area contributed by atoms with Gasteiger partial charge < -0.3 is 10.2 Å². The number of aryl methyl sites for hydroxylation is 1. The zero-order valence-electron chi connectivity index (χ0n) is 8.98. The van der Waals surface area contributed by atoms with Gasteiger partial charge in [0.2, 0.25) is 0 Å². The van der Waals surface area contributed by atoms with Crippen molar-refractivity contribution in [3.63, 3.8) is 0 Å². The summed E-state index contributed by atoms with van der Waals surface area (Å²) in [6.07, 6.45) is 5.97. The average molecular weight is 281 g/mol. The Kier molecular flexibility index (Phi) is 3.41. The molecule has 0 amide bonds. The monoisotopic (exact) mass is 280 g/mol. The summed E-state index contributed by atoms with van der Waals surface area (Å²) in [5, 5.41) is 0. The summed E-state index contributed by atoms with van der Waals surface area (Å²) < 4.78 is 6.34. The molecule has 0 saturated heterocycles. The largest absolute Gasteiger partial charge is 0.467 e. The summed E-state index contributed by atoms with van der Waals surface area (Å²) in [5.41, 5.74) is 8.27. The number of hydrogen-bond acceptors (Lipinski definition) is 3. The van der Waals surface area contributed by atoms with Gasteiger partial charge in [-0.25, -0.2) is 0 Å². The minimum atomic E-state index is -0.119. The number of furan rings is 1. The fraction of sp³-hybridized carbons (Fsp3) is 0.250. The molecule has 2 aromatic heterocycles. The Balaban J connectivity index is 2.14. The van der Waals surface area contributed by atoms with E-state index in [4.69, 9.17) is 10.2 Å². The van der Waals surface area contributed by atoms with Crippen LogP contribution in [-0.4, -0.2) is 4.98 Å². The molecule has 84 valence electrons. The van der Waals surface area contributed by atoms with Gasteiger partial charge >= 0.3 is 0 Å². The predicted octanol–water partition coefficient (Wildman–Crippen LogP) is 2.99. The number of nitrogens with zero attached hydrogens (tertiary/aromatic N) is 1. The topological polar surface area (TPSA) is 52.0 Å². The van der Waals surface area contributed by atoms with Crippen molar-refractivity contribution in [2.45, 2.75) is 19.4 Å². The normalized spacial score (nSPS) is 12.7. The van der Waals surface area contributed by atoms with E-state index >= 15 is 0 Å². The summed E-state index contributed by atoms with van der Waals surface area (Å²) in [6.45, 7) is 2.00. The van der Waals surface area contributed by atoms with Crippen LogP contribution in [0.4, 0.5) is 0 Å². The fourth-order valence-corrected chi connectivity index (χ4v) is 2.09. The SMILES string of the molecule is Cc1ccoc1C(N)Cc1cncc(Br)c1. The second-order valence-corrected chi connectivity index (χ2v) is 4.71. The molecule has 0 spiro atoms. The van der Waals surface area contributed by atoms with Crippen molar-refractivity contribution in [3.05, 3.63) is 52.1 Å². The maximum atomic E-state index is 6.09. The standard InChI is InChI=1S/C12H13BrN2O/c1-8-2-3-16-12(8)11(14)5-9-4-10(13)7-15-6-9/h2-4,6-7,11H,5,14H2,1H3. The van der Waals surface area contributed by atoms with Crippen LogP contribution >= 0.6 is 15.9 Å². The van der Waals surface area contributed by atoms with E-state index in [0.717, 1.165) is 27.8 Å². The third-order valence-corrected chi connectivity index (χ3v) is 2.89. The first-order chi connectivity index (χ1) is 7.66. The van der Waals surface area contributed by atoms with E-state index in [1.807, 2.05) is 25.3 Å². The predicted molar refractivity (Wildman–Crippen MR) is 66.0 cm³/mol. The highest BCUT2D eigenvalue weighted by molar-refractivity contribution is 9.10. The molecule has 2 heterocycles. The van der Waals surface area contributed by atoms with Crippen LogP contribution < -0.4 is 5.73 Å². The minimum Gasteiger partial charge on any atom is -0.467 e. The van der Waals surface area contributed by atoms with Crippen LogP contribution in [0.2, 0.25) is 0 Å². The van der Waals surface area contributed by atoms with Crippen LogP contribution in [0, 0.1) is 6.92 Å². The molecule has 0 radical (unpaired) electrons.